The first-order valence-corrected chi connectivity index (χ1v) is 20.9. The maximum Gasteiger partial charge on any atom is 0.145 e. The Morgan fingerprint density at radius 2 is 0.984 bits per heavy atom. The normalized spacial score (nSPS) is 12.6. The van der Waals surface area contributed by atoms with Crippen molar-refractivity contribution in [3.8, 4) is 11.1 Å². The van der Waals surface area contributed by atoms with Crippen LogP contribution in [0.15, 0.2) is 211 Å². The maximum absolute atomic E-state index is 16.0. The third kappa shape index (κ3) is 5.77. The van der Waals surface area contributed by atoms with Crippen LogP contribution in [0.1, 0.15) is 33.4 Å². The lowest BCUT2D eigenvalue weighted by molar-refractivity contribution is 0.613. The van der Waals surface area contributed by atoms with Crippen LogP contribution in [-0.4, -0.2) is 0 Å². The lowest BCUT2D eigenvalue weighted by Crippen LogP contribution is -2.29. The highest BCUT2D eigenvalue weighted by Gasteiger charge is 2.49. The van der Waals surface area contributed by atoms with Crippen molar-refractivity contribution in [3.05, 3.63) is 251 Å². The molecule has 10 aromatic rings. The largest absolute Gasteiger partial charge is 0.455 e. The van der Waals surface area contributed by atoms with Gasteiger partial charge in [0.25, 0.3) is 0 Å². The van der Waals surface area contributed by atoms with E-state index in [0.717, 1.165) is 83.9 Å². The van der Waals surface area contributed by atoms with Crippen molar-refractivity contribution >= 4 is 56.1 Å². The van der Waals surface area contributed by atoms with E-state index in [4.69, 9.17) is 4.42 Å². The summed E-state index contributed by atoms with van der Waals surface area (Å²) in [5, 5.41) is 1.92. The third-order valence-corrected chi connectivity index (χ3v) is 12.5. The van der Waals surface area contributed by atoms with Crippen molar-refractivity contribution in [2.75, 3.05) is 9.80 Å². The van der Waals surface area contributed by atoms with E-state index in [1.54, 1.807) is 24.3 Å². The predicted octanol–water partition coefficient (Wildman–Crippen LogP) is 15.8. The molecular weight excluding hydrogens is 767 g/mol. The van der Waals surface area contributed by atoms with Gasteiger partial charge in [0.1, 0.15) is 22.8 Å². The summed E-state index contributed by atoms with van der Waals surface area (Å²) < 4.78 is 39.1. The van der Waals surface area contributed by atoms with E-state index in [1.165, 1.54) is 12.1 Å². The molecule has 0 spiro atoms. The van der Waals surface area contributed by atoms with Crippen molar-refractivity contribution < 1.29 is 13.2 Å². The van der Waals surface area contributed by atoms with Crippen molar-refractivity contribution in [1.29, 1.82) is 0 Å². The van der Waals surface area contributed by atoms with Crippen LogP contribution in [0.5, 0.6) is 0 Å². The topological polar surface area (TPSA) is 19.6 Å². The molecule has 11 rings (SSSR count). The number of halogens is 2. The molecule has 0 N–H and O–H groups in total. The minimum Gasteiger partial charge on any atom is -0.455 e. The van der Waals surface area contributed by atoms with Gasteiger partial charge >= 0.3 is 0 Å². The molecule has 9 aromatic carbocycles. The van der Waals surface area contributed by atoms with Crippen LogP contribution in [0.3, 0.4) is 0 Å². The molecule has 0 saturated carbocycles. The Balaban J connectivity index is 1.33. The second-order valence-corrected chi connectivity index (χ2v) is 16.0. The fourth-order valence-corrected chi connectivity index (χ4v) is 9.81. The molecule has 0 bridgehead atoms. The van der Waals surface area contributed by atoms with Gasteiger partial charge in [0.15, 0.2) is 0 Å². The molecular formula is C57H40F2N2O. The SMILES string of the molecule is Cc1ccccc1N(c1ccccc1)c1ccc2c(c1)C(c1cccc(F)c1)(c1cccc(F)c1)c1cc(N(c3ccccc3)c3ccccc3C)c3c(oc4ccccc43)c1-2. The molecule has 1 aromatic heterocycles. The van der Waals surface area contributed by atoms with Crippen LogP contribution < -0.4 is 9.80 Å². The zero-order chi connectivity index (χ0) is 42.0. The van der Waals surface area contributed by atoms with Gasteiger partial charge in [0.2, 0.25) is 0 Å². The van der Waals surface area contributed by atoms with E-state index in [9.17, 15) is 0 Å². The summed E-state index contributed by atoms with van der Waals surface area (Å²) >= 11 is 0. The number of anilines is 6. The van der Waals surface area contributed by atoms with E-state index in [1.807, 2.05) is 72.8 Å². The fraction of sp³-hybridized carbons (Fsp3) is 0.0526. The summed E-state index contributed by atoms with van der Waals surface area (Å²) in [6, 6.07) is 67.9. The molecule has 0 radical (unpaired) electrons. The number of fused-ring (bicyclic) bond motifs is 7. The smallest absolute Gasteiger partial charge is 0.145 e. The van der Waals surface area contributed by atoms with Crippen molar-refractivity contribution in [2.45, 2.75) is 19.3 Å². The Kier molecular flexibility index (Phi) is 8.86. The number of furan rings is 1. The van der Waals surface area contributed by atoms with E-state index >= 15 is 8.78 Å². The van der Waals surface area contributed by atoms with Gasteiger partial charge in [-0.2, -0.15) is 0 Å². The molecule has 1 aliphatic rings. The first kappa shape index (κ1) is 37.3. The van der Waals surface area contributed by atoms with Gasteiger partial charge < -0.3 is 14.2 Å². The average molecular weight is 807 g/mol. The zero-order valence-electron chi connectivity index (χ0n) is 34.2. The van der Waals surface area contributed by atoms with E-state index in [0.29, 0.717) is 16.7 Å². The molecule has 1 heterocycles. The van der Waals surface area contributed by atoms with Gasteiger partial charge in [-0.05, 0) is 138 Å². The van der Waals surface area contributed by atoms with E-state index < -0.39 is 5.41 Å². The molecule has 298 valence electrons. The average Bonchev–Trinajstić information content (AvgIpc) is 3.83. The molecule has 0 amide bonds. The lowest BCUT2D eigenvalue weighted by Gasteiger charge is -2.36. The van der Waals surface area contributed by atoms with Crippen LogP contribution in [0.25, 0.3) is 33.1 Å². The quantitative estimate of drug-likeness (QED) is 0.152. The van der Waals surface area contributed by atoms with Crippen molar-refractivity contribution in [2.24, 2.45) is 0 Å². The summed E-state index contributed by atoms with van der Waals surface area (Å²) in [6.45, 7) is 4.24. The maximum atomic E-state index is 16.0. The van der Waals surface area contributed by atoms with Crippen molar-refractivity contribution in [3.63, 3.8) is 0 Å². The molecule has 62 heavy (non-hydrogen) atoms. The monoisotopic (exact) mass is 806 g/mol. The Hall–Kier alpha value is -7.76. The second kappa shape index (κ2) is 14.8. The molecule has 5 heteroatoms. The van der Waals surface area contributed by atoms with Gasteiger partial charge in [-0.25, -0.2) is 8.78 Å². The Bertz CT molecular complexity index is 3270. The summed E-state index contributed by atoms with van der Waals surface area (Å²) in [7, 11) is 0. The summed E-state index contributed by atoms with van der Waals surface area (Å²) in [4.78, 5) is 4.56. The Labute approximate surface area is 359 Å². The standard InChI is InChI=1S/C57H40F2N2O/c1-37-17-9-12-28-50(37)60(43-23-5-3-6-24-43)45-31-32-46-48(35-45)57(39-19-15-21-41(58)33-39,40-20-16-22-42(59)34-40)49-36-52(55-47-27-11-14-30-53(47)62-56(55)54(46)49)61(44-25-7-4-8-26-44)51-29-13-10-18-38(51)2/h3-36H,1-2H3. The Morgan fingerprint density at radius 1 is 0.435 bits per heavy atom. The molecule has 0 atom stereocenters. The van der Waals surface area contributed by atoms with Gasteiger partial charge in [0, 0.05) is 39.4 Å². The molecule has 0 saturated heterocycles. The number of aryl methyl sites for hydroxylation is 2. The summed E-state index contributed by atoms with van der Waals surface area (Å²) in [5.41, 5.74) is 13.1. The molecule has 0 unspecified atom stereocenters. The van der Waals surface area contributed by atoms with Gasteiger partial charge in [-0.3, -0.25) is 0 Å². The van der Waals surface area contributed by atoms with Gasteiger partial charge in [0.05, 0.1) is 16.5 Å². The molecule has 1 aliphatic carbocycles. The highest BCUT2D eigenvalue weighted by atomic mass is 19.1. The number of nitrogens with zero attached hydrogens (tertiary/aromatic N) is 2. The number of benzene rings is 9. The third-order valence-electron chi connectivity index (χ3n) is 12.5. The van der Waals surface area contributed by atoms with Crippen LogP contribution in [0.2, 0.25) is 0 Å². The number of rotatable bonds is 8. The minimum atomic E-state index is -1.21. The highest BCUT2D eigenvalue weighted by Crippen LogP contribution is 2.62. The summed E-state index contributed by atoms with van der Waals surface area (Å²) in [5.74, 6) is -0.766. The minimum absolute atomic E-state index is 0.383. The number of hydrogen-bond donors (Lipinski definition) is 0. The van der Waals surface area contributed by atoms with Crippen LogP contribution in [0, 0.1) is 25.5 Å². The zero-order valence-corrected chi connectivity index (χ0v) is 34.2. The Morgan fingerprint density at radius 3 is 1.60 bits per heavy atom. The van der Waals surface area contributed by atoms with Crippen LogP contribution >= 0.6 is 0 Å². The first-order valence-electron chi connectivity index (χ1n) is 20.9. The molecule has 0 fully saturated rings. The van der Waals surface area contributed by atoms with Gasteiger partial charge in [-0.1, -0.05) is 121 Å². The van der Waals surface area contributed by atoms with E-state index in [-0.39, 0.29) is 11.6 Å². The van der Waals surface area contributed by atoms with Crippen molar-refractivity contribution in [1.82, 2.24) is 0 Å². The highest BCUT2D eigenvalue weighted by molar-refractivity contribution is 6.19. The molecule has 3 nitrogen and oxygen atoms in total. The number of hydrogen-bond acceptors (Lipinski definition) is 3. The number of para-hydroxylation sites is 5. The second-order valence-electron chi connectivity index (χ2n) is 16.0. The van der Waals surface area contributed by atoms with Gasteiger partial charge in [-0.15, -0.1) is 0 Å². The van der Waals surface area contributed by atoms with Crippen LogP contribution in [0.4, 0.5) is 42.9 Å². The summed E-state index contributed by atoms with van der Waals surface area (Å²) in [6.07, 6.45) is 0. The fourth-order valence-electron chi connectivity index (χ4n) is 9.81. The van der Waals surface area contributed by atoms with Crippen LogP contribution in [-0.2, 0) is 5.41 Å². The molecule has 0 aliphatic heterocycles. The predicted molar refractivity (Wildman–Crippen MR) is 250 cm³/mol. The van der Waals surface area contributed by atoms with E-state index in [2.05, 4.69) is 121 Å². The lowest BCUT2D eigenvalue weighted by atomic mass is 9.67. The first-order chi connectivity index (χ1) is 30.4.